The van der Waals surface area contributed by atoms with Crippen LogP contribution in [-0.4, -0.2) is 39.2 Å². The number of nitrogens with one attached hydrogen (secondary N) is 1. The second-order valence-electron chi connectivity index (χ2n) is 7.17. The second kappa shape index (κ2) is 9.36. The number of anilines is 1. The fourth-order valence-electron chi connectivity index (χ4n) is 3.43. The predicted octanol–water partition coefficient (Wildman–Crippen LogP) is 2.66. The molecule has 2 heterocycles. The van der Waals surface area contributed by atoms with Crippen LogP contribution in [0.5, 0.6) is 0 Å². The average Bonchev–Trinajstić information content (AvgIpc) is 3.32. The molecule has 2 aromatic carbocycles. The number of ether oxygens (including phenoxy) is 1. The van der Waals surface area contributed by atoms with Crippen LogP contribution < -0.4 is 10.9 Å². The van der Waals surface area contributed by atoms with Gasteiger partial charge in [-0.25, -0.2) is 4.68 Å². The number of nitrogens with zero attached hydrogens (tertiary/aromatic N) is 4. The standard InChI is InChI=1S/C23H23N5O3/c1-31-14-13-28-23(30)19-16-18(9-10-20(19)25-26-28)24-22(29)21(27-11-5-6-12-27)15-17-7-3-2-4-8-17/h2-12,16,21H,13-15H2,1H3,(H,24,29)/t21-/m1/s1. The fraction of sp³-hybridized carbons (Fsp3) is 0.217. The van der Waals surface area contributed by atoms with Gasteiger partial charge >= 0.3 is 0 Å². The van der Waals surface area contributed by atoms with Crippen LogP contribution in [0.15, 0.2) is 77.9 Å². The van der Waals surface area contributed by atoms with E-state index in [-0.39, 0.29) is 11.5 Å². The summed E-state index contributed by atoms with van der Waals surface area (Å²) in [5.41, 5.74) is 1.80. The van der Waals surface area contributed by atoms with Crippen LogP contribution >= 0.6 is 0 Å². The van der Waals surface area contributed by atoms with Gasteiger partial charge in [0.05, 0.1) is 18.5 Å². The number of fused-ring (bicyclic) bond motifs is 1. The molecule has 2 aromatic heterocycles. The van der Waals surface area contributed by atoms with Gasteiger partial charge in [0, 0.05) is 31.6 Å². The van der Waals surface area contributed by atoms with E-state index in [0.717, 1.165) is 5.56 Å². The molecule has 1 atom stereocenters. The molecule has 1 N–H and O–H groups in total. The first kappa shape index (κ1) is 20.5. The van der Waals surface area contributed by atoms with Gasteiger partial charge in [0.2, 0.25) is 5.91 Å². The van der Waals surface area contributed by atoms with Crippen molar-refractivity contribution in [3.8, 4) is 0 Å². The molecule has 0 spiro atoms. The Kier molecular flexibility index (Phi) is 6.18. The monoisotopic (exact) mass is 417 g/mol. The molecule has 8 nitrogen and oxygen atoms in total. The van der Waals surface area contributed by atoms with E-state index >= 15 is 0 Å². The molecule has 158 valence electrons. The Balaban J connectivity index is 1.60. The molecule has 0 saturated heterocycles. The predicted molar refractivity (Wildman–Crippen MR) is 118 cm³/mol. The van der Waals surface area contributed by atoms with Crippen LogP contribution in [0.1, 0.15) is 11.6 Å². The molecule has 4 aromatic rings. The Hall–Kier alpha value is -3.78. The highest BCUT2D eigenvalue weighted by Crippen LogP contribution is 2.20. The van der Waals surface area contributed by atoms with Gasteiger partial charge in [0.1, 0.15) is 11.6 Å². The van der Waals surface area contributed by atoms with E-state index in [4.69, 9.17) is 4.74 Å². The number of hydrogen-bond donors (Lipinski definition) is 1. The summed E-state index contributed by atoms with van der Waals surface area (Å²) in [5, 5.41) is 11.4. The van der Waals surface area contributed by atoms with Crippen molar-refractivity contribution in [1.82, 2.24) is 19.6 Å². The molecule has 8 heteroatoms. The van der Waals surface area contributed by atoms with Crippen molar-refractivity contribution in [3.05, 3.63) is 89.0 Å². The zero-order valence-electron chi connectivity index (χ0n) is 17.1. The van der Waals surface area contributed by atoms with Crippen LogP contribution in [0.25, 0.3) is 10.9 Å². The van der Waals surface area contributed by atoms with Crippen molar-refractivity contribution < 1.29 is 9.53 Å². The Bertz CT molecular complexity index is 1220. The van der Waals surface area contributed by atoms with Crippen LogP contribution in [0.4, 0.5) is 5.69 Å². The summed E-state index contributed by atoms with van der Waals surface area (Å²) in [6.07, 6.45) is 4.29. The van der Waals surface area contributed by atoms with Crippen LogP contribution in [0, 0.1) is 0 Å². The lowest BCUT2D eigenvalue weighted by Crippen LogP contribution is -2.28. The van der Waals surface area contributed by atoms with Crippen molar-refractivity contribution in [2.45, 2.75) is 19.0 Å². The molecule has 4 rings (SSSR count). The first-order valence-corrected chi connectivity index (χ1v) is 9.99. The molecule has 31 heavy (non-hydrogen) atoms. The van der Waals surface area contributed by atoms with E-state index in [1.54, 1.807) is 25.3 Å². The molecule has 0 saturated carbocycles. The number of amides is 1. The normalized spacial score (nSPS) is 12.0. The highest BCUT2D eigenvalue weighted by molar-refractivity contribution is 5.96. The zero-order valence-corrected chi connectivity index (χ0v) is 17.1. The average molecular weight is 417 g/mol. The van der Waals surface area contributed by atoms with Gasteiger partial charge in [-0.15, -0.1) is 5.10 Å². The van der Waals surface area contributed by atoms with Crippen LogP contribution in [-0.2, 0) is 22.5 Å². The Morgan fingerprint density at radius 2 is 1.87 bits per heavy atom. The Labute approximate surface area is 179 Å². The second-order valence-corrected chi connectivity index (χ2v) is 7.17. The minimum atomic E-state index is -0.429. The SMILES string of the molecule is COCCn1nnc2ccc(NC(=O)[C@@H](Cc3ccccc3)n3cccc3)cc2c1=O. The van der Waals surface area contributed by atoms with E-state index in [9.17, 15) is 9.59 Å². The van der Waals surface area contributed by atoms with E-state index in [2.05, 4.69) is 15.6 Å². The summed E-state index contributed by atoms with van der Waals surface area (Å²) >= 11 is 0. The molecule has 0 unspecified atom stereocenters. The summed E-state index contributed by atoms with van der Waals surface area (Å²) in [4.78, 5) is 25.9. The topological polar surface area (TPSA) is 91.0 Å². The molecule has 0 aliphatic rings. The largest absolute Gasteiger partial charge is 0.383 e. The summed E-state index contributed by atoms with van der Waals surface area (Å²) in [5.74, 6) is -0.166. The van der Waals surface area contributed by atoms with Crippen molar-refractivity contribution in [1.29, 1.82) is 0 Å². The van der Waals surface area contributed by atoms with Crippen molar-refractivity contribution in [3.63, 3.8) is 0 Å². The number of aromatic nitrogens is 4. The highest BCUT2D eigenvalue weighted by Gasteiger charge is 2.21. The summed E-state index contributed by atoms with van der Waals surface area (Å²) in [7, 11) is 1.56. The maximum Gasteiger partial charge on any atom is 0.277 e. The lowest BCUT2D eigenvalue weighted by Gasteiger charge is -2.19. The Morgan fingerprint density at radius 3 is 2.61 bits per heavy atom. The van der Waals surface area contributed by atoms with Gasteiger partial charge in [0.25, 0.3) is 5.56 Å². The highest BCUT2D eigenvalue weighted by atomic mass is 16.5. The van der Waals surface area contributed by atoms with Gasteiger partial charge in [0.15, 0.2) is 0 Å². The third-order valence-electron chi connectivity index (χ3n) is 5.06. The summed E-state index contributed by atoms with van der Waals surface area (Å²) in [6, 6.07) is 18.3. The lowest BCUT2D eigenvalue weighted by molar-refractivity contribution is -0.119. The first-order chi connectivity index (χ1) is 15.2. The minimum Gasteiger partial charge on any atom is -0.383 e. The molecule has 0 aliphatic heterocycles. The van der Waals surface area contributed by atoms with Crippen molar-refractivity contribution >= 4 is 22.5 Å². The maximum absolute atomic E-state index is 13.2. The minimum absolute atomic E-state index is 0.166. The third-order valence-corrected chi connectivity index (χ3v) is 5.06. The van der Waals surface area contributed by atoms with Crippen LogP contribution in [0.3, 0.4) is 0 Å². The van der Waals surface area contributed by atoms with E-state index in [1.807, 2.05) is 59.4 Å². The molecular formula is C23H23N5O3. The number of methoxy groups -OCH3 is 1. The van der Waals surface area contributed by atoms with E-state index < -0.39 is 6.04 Å². The third kappa shape index (κ3) is 4.70. The van der Waals surface area contributed by atoms with Gasteiger partial charge in [-0.05, 0) is 35.9 Å². The van der Waals surface area contributed by atoms with Crippen LogP contribution in [0.2, 0.25) is 0 Å². The number of carbonyl (C=O) groups is 1. The molecule has 0 radical (unpaired) electrons. The van der Waals surface area contributed by atoms with Gasteiger partial charge in [-0.2, -0.15) is 0 Å². The number of carbonyl (C=O) groups excluding carboxylic acids is 1. The van der Waals surface area contributed by atoms with Crippen molar-refractivity contribution in [2.75, 3.05) is 19.0 Å². The number of hydrogen-bond acceptors (Lipinski definition) is 5. The molecule has 0 bridgehead atoms. The molecular weight excluding hydrogens is 394 g/mol. The lowest BCUT2D eigenvalue weighted by atomic mass is 10.0. The number of benzene rings is 2. The van der Waals surface area contributed by atoms with Crippen molar-refractivity contribution in [2.24, 2.45) is 0 Å². The first-order valence-electron chi connectivity index (χ1n) is 9.99. The summed E-state index contributed by atoms with van der Waals surface area (Å²) < 4.78 is 8.15. The zero-order chi connectivity index (χ0) is 21.6. The quantitative estimate of drug-likeness (QED) is 0.476. The molecule has 0 fully saturated rings. The van der Waals surface area contributed by atoms with Gasteiger partial charge in [-0.3, -0.25) is 9.59 Å². The number of rotatable bonds is 8. The maximum atomic E-state index is 13.2. The summed E-state index contributed by atoms with van der Waals surface area (Å²) in [6.45, 7) is 0.663. The van der Waals surface area contributed by atoms with Gasteiger partial charge in [-0.1, -0.05) is 35.5 Å². The van der Waals surface area contributed by atoms with E-state index in [1.165, 1.54) is 4.68 Å². The molecule has 1 amide bonds. The fourth-order valence-corrected chi connectivity index (χ4v) is 3.43. The smallest absolute Gasteiger partial charge is 0.277 e. The van der Waals surface area contributed by atoms with E-state index in [0.29, 0.717) is 36.2 Å². The Morgan fingerprint density at radius 1 is 1.10 bits per heavy atom. The molecule has 0 aliphatic carbocycles. The van der Waals surface area contributed by atoms with Gasteiger partial charge < -0.3 is 14.6 Å².